The second kappa shape index (κ2) is 7.67. The van der Waals surface area contributed by atoms with Crippen LogP contribution in [0, 0.1) is 12.7 Å². The van der Waals surface area contributed by atoms with Crippen LogP contribution in [0.3, 0.4) is 0 Å². The highest BCUT2D eigenvalue weighted by Gasteiger charge is 2.35. The highest BCUT2D eigenvalue weighted by atomic mass is 32.2. The number of aryl methyl sites for hydroxylation is 1. The Kier molecular flexibility index (Phi) is 5.25. The summed E-state index contributed by atoms with van der Waals surface area (Å²) in [6, 6.07) is 7.83. The van der Waals surface area contributed by atoms with Crippen LogP contribution in [-0.4, -0.2) is 50.0 Å². The summed E-state index contributed by atoms with van der Waals surface area (Å²) in [7, 11) is -3.89. The number of benzene rings is 1. The van der Waals surface area contributed by atoms with E-state index in [9.17, 15) is 12.8 Å². The summed E-state index contributed by atoms with van der Waals surface area (Å²) < 4.78 is 47.4. The van der Waals surface area contributed by atoms with E-state index in [0.717, 1.165) is 31.7 Å². The summed E-state index contributed by atoms with van der Waals surface area (Å²) in [5.41, 5.74) is 0.706. The molecule has 0 radical (unpaired) electrons. The molecule has 0 saturated carbocycles. The Morgan fingerprint density at radius 1 is 1.18 bits per heavy atom. The van der Waals surface area contributed by atoms with Crippen molar-refractivity contribution in [1.82, 2.24) is 9.29 Å². The van der Waals surface area contributed by atoms with Gasteiger partial charge in [-0.1, -0.05) is 6.07 Å². The third-order valence-electron chi connectivity index (χ3n) is 5.26. The van der Waals surface area contributed by atoms with E-state index in [1.165, 1.54) is 16.4 Å². The van der Waals surface area contributed by atoms with Gasteiger partial charge in [0.2, 0.25) is 10.0 Å². The largest absolute Gasteiger partial charge is 0.485 e. The summed E-state index contributed by atoms with van der Waals surface area (Å²) in [6.07, 6.45) is 4.28. The Hall–Kier alpha value is -2.19. The SMILES string of the molecule is Cc1ccc(F)c(S(=O)(=O)N2CC[C@H](Oc3cccnc3N3CCCC3)C2)c1. The highest BCUT2D eigenvalue weighted by molar-refractivity contribution is 7.89. The van der Waals surface area contributed by atoms with Crippen LogP contribution in [0.5, 0.6) is 5.75 Å². The predicted molar refractivity (Wildman–Crippen MR) is 105 cm³/mol. The topological polar surface area (TPSA) is 62.7 Å². The summed E-state index contributed by atoms with van der Waals surface area (Å²) in [6.45, 7) is 4.15. The molecule has 2 fully saturated rings. The predicted octanol–water partition coefficient (Wildman–Crippen LogP) is 2.97. The molecule has 6 nitrogen and oxygen atoms in total. The van der Waals surface area contributed by atoms with Crippen LogP contribution in [0.25, 0.3) is 0 Å². The molecule has 2 aliphatic rings. The molecule has 0 spiro atoms. The molecule has 2 saturated heterocycles. The van der Waals surface area contributed by atoms with E-state index in [0.29, 0.717) is 24.3 Å². The molecule has 3 heterocycles. The standard InChI is InChI=1S/C20H24FN3O3S/c1-15-6-7-17(21)19(13-15)28(25,26)24-12-8-16(14-24)27-18-5-4-9-22-20(18)23-10-2-3-11-23/h4-7,9,13,16H,2-3,8,10-12,14H2,1H3/t16-/m0/s1. The number of halogens is 1. The fraction of sp³-hybridized carbons (Fsp3) is 0.450. The summed E-state index contributed by atoms with van der Waals surface area (Å²) in [5.74, 6) is 0.764. The minimum absolute atomic E-state index is 0.198. The third kappa shape index (κ3) is 3.71. The number of anilines is 1. The molecule has 1 aromatic carbocycles. The van der Waals surface area contributed by atoms with Crippen LogP contribution >= 0.6 is 0 Å². The van der Waals surface area contributed by atoms with Crippen LogP contribution in [0.4, 0.5) is 10.2 Å². The molecular weight excluding hydrogens is 381 g/mol. The molecule has 150 valence electrons. The molecule has 4 rings (SSSR count). The average molecular weight is 405 g/mol. The van der Waals surface area contributed by atoms with Crippen molar-refractivity contribution in [3.63, 3.8) is 0 Å². The molecule has 2 aromatic rings. The number of nitrogens with zero attached hydrogens (tertiary/aromatic N) is 3. The number of rotatable bonds is 5. The molecule has 1 aromatic heterocycles. The molecule has 0 N–H and O–H groups in total. The molecule has 8 heteroatoms. The van der Waals surface area contributed by atoms with E-state index in [4.69, 9.17) is 4.74 Å². The van der Waals surface area contributed by atoms with E-state index in [-0.39, 0.29) is 17.5 Å². The van der Waals surface area contributed by atoms with Crippen molar-refractivity contribution in [2.75, 3.05) is 31.1 Å². The molecule has 0 aliphatic carbocycles. The Bertz CT molecular complexity index is 961. The lowest BCUT2D eigenvalue weighted by Gasteiger charge is -2.22. The lowest BCUT2D eigenvalue weighted by Crippen LogP contribution is -2.32. The lowest BCUT2D eigenvalue weighted by atomic mass is 10.2. The molecule has 0 unspecified atom stereocenters. The van der Waals surface area contributed by atoms with Crippen molar-refractivity contribution in [3.05, 3.63) is 47.9 Å². The van der Waals surface area contributed by atoms with Gasteiger partial charge < -0.3 is 9.64 Å². The number of hydrogen-bond donors (Lipinski definition) is 0. The van der Waals surface area contributed by atoms with Gasteiger partial charge in [-0.05, 0) is 56.0 Å². The first-order valence-electron chi connectivity index (χ1n) is 9.58. The monoisotopic (exact) mass is 405 g/mol. The van der Waals surface area contributed by atoms with Gasteiger partial charge in [-0.25, -0.2) is 17.8 Å². The fourth-order valence-electron chi connectivity index (χ4n) is 3.78. The second-order valence-corrected chi connectivity index (χ2v) is 9.25. The zero-order valence-corrected chi connectivity index (χ0v) is 16.7. The maximum Gasteiger partial charge on any atom is 0.246 e. The van der Waals surface area contributed by atoms with E-state index < -0.39 is 15.8 Å². The zero-order chi connectivity index (χ0) is 19.7. The van der Waals surface area contributed by atoms with Gasteiger partial charge in [0.15, 0.2) is 11.6 Å². The molecular formula is C20H24FN3O3S. The van der Waals surface area contributed by atoms with Gasteiger partial charge in [0.25, 0.3) is 0 Å². The maximum absolute atomic E-state index is 14.1. The number of aromatic nitrogens is 1. The van der Waals surface area contributed by atoms with E-state index in [1.54, 1.807) is 19.2 Å². The van der Waals surface area contributed by atoms with Crippen molar-refractivity contribution in [1.29, 1.82) is 0 Å². The number of ether oxygens (including phenoxy) is 1. The van der Waals surface area contributed by atoms with Gasteiger partial charge in [-0.15, -0.1) is 0 Å². The Morgan fingerprint density at radius 2 is 1.96 bits per heavy atom. The van der Waals surface area contributed by atoms with Crippen LogP contribution in [-0.2, 0) is 10.0 Å². The van der Waals surface area contributed by atoms with E-state index in [1.807, 2.05) is 12.1 Å². The first-order chi connectivity index (χ1) is 13.4. The van der Waals surface area contributed by atoms with Crippen LogP contribution in [0.15, 0.2) is 41.4 Å². The quantitative estimate of drug-likeness (QED) is 0.765. The first-order valence-corrected chi connectivity index (χ1v) is 11.0. The second-order valence-electron chi connectivity index (χ2n) is 7.34. The summed E-state index contributed by atoms with van der Waals surface area (Å²) in [5, 5.41) is 0. The van der Waals surface area contributed by atoms with Crippen LogP contribution in [0.1, 0.15) is 24.8 Å². The molecule has 0 bridgehead atoms. The lowest BCUT2D eigenvalue weighted by molar-refractivity contribution is 0.215. The number of hydrogen-bond acceptors (Lipinski definition) is 5. The normalized spacial score (nSPS) is 20.6. The van der Waals surface area contributed by atoms with Crippen molar-refractivity contribution >= 4 is 15.8 Å². The van der Waals surface area contributed by atoms with E-state index in [2.05, 4.69) is 9.88 Å². The average Bonchev–Trinajstić information content (AvgIpc) is 3.36. The third-order valence-corrected chi connectivity index (χ3v) is 7.14. The maximum atomic E-state index is 14.1. The summed E-state index contributed by atoms with van der Waals surface area (Å²) in [4.78, 5) is 6.38. The van der Waals surface area contributed by atoms with Crippen molar-refractivity contribution in [2.24, 2.45) is 0 Å². The Labute approximate surface area is 165 Å². The highest BCUT2D eigenvalue weighted by Crippen LogP contribution is 2.31. The van der Waals surface area contributed by atoms with Crippen LogP contribution in [0.2, 0.25) is 0 Å². The van der Waals surface area contributed by atoms with Gasteiger partial charge >= 0.3 is 0 Å². The molecule has 2 aliphatic heterocycles. The smallest absolute Gasteiger partial charge is 0.246 e. The van der Waals surface area contributed by atoms with Gasteiger partial charge in [-0.3, -0.25) is 0 Å². The Morgan fingerprint density at radius 3 is 2.75 bits per heavy atom. The fourth-order valence-corrected chi connectivity index (χ4v) is 5.42. The van der Waals surface area contributed by atoms with Gasteiger partial charge in [-0.2, -0.15) is 4.31 Å². The van der Waals surface area contributed by atoms with Gasteiger partial charge in [0.05, 0.1) is 6.54 Å². The summed E-state index contributed by atoms with van der Waals surface area (Å²) >= 11 is 0. The number of pyridine rings is 1. The van der Waals surface area contributed by atoms with Gasteiger partial charge in [0.1, 0.15) is 16.8 Å². The Balaban J connectivity index is 1.50. The van der Waals surface area contributed by atoms with Crippen molar-refractivity contribution in [2.45, 2.75) is 37.2 Å². The van der Waals surface area contributed by atoms with Crippen molar-refractivity contribution in [3.8, 4) is 5.75 Å². The minimum atomic E-state index is -3.89. The van der Waals surface area contributed by atoms with E-state index >= 15 is 0 Å². The van der Waals surface area contributed by atoms with Crippen molar-refractivity contribution < 1.29 is 17.5 Å². The zero-order valence-electron chi connectivity index (χ0n) is 15.8. The molecule has 28 heavy (non-hydrogen) atoms. The molecule has 1 atom stereocenters. The molecule has 0 amide bonds. The van der Waals surface area contributed by atoms with Crippen LogP contribution < -0.4 is 9.64 Å². The van der Waals surface area contributed by atoms with Gasteiger partial charge in [0, 0.05) is 25.8 Å². The minimum Gasteiger partial charge on any atom is -0.485 e. The first kappa shape index (κ1) is 19.1. The number of sulfonamides is 1.